The number of nitrogens with zero attached hydrogens (tertiary/aromatic N) is 2. The van der Waals surface area contributed by atoms with Crippen LogP contribution in [0, 0.1) is 13.8 Å². The number of fused-ring (bicyclic) bond motifs is 1. The molecule has 2 aromatic rings. The highest BCUT2D eigenvalue weighted by Crippen LogP contribution is 2.39. The smallest absolute Gasteiger partial charge is 0.329 e. The van der Waals surface area contributed by atoms with Gasteiger partial charge in [-0.15, -0.1) is 0 Å². The lowest BCUT2D eigenvalue weighted by Crippen LogP contribution is -2.42. The molecule has 1 saturated heterocycles. The van der Waals surface area contributed by atoms with E-state index >= 15 is 0 Å². The Balaban J connectivity index is 1.65. The summed E-state index contributed by atoms with van der Waals surface area (Å²) in [5.74, 6) is -0.298. The Kier molecular flexibility index (Phi) is 5.00. The fourth-order valence-corrected chi connectivity index (χ4v) is 4.22. The number of carbonyl (C=O) groups is 2. The van der Waals surface area contributed by atoms with Crippen molar-refractivity contribution in [2.24, 2.45) is 0 Å². The Hall–Kier alpha value is -3.34. The van der Waals surface area contributed by atoms with Crippen LogP contribution in [-0.2, 0) is 11.3 Å². The third-order valence-electron chi connectivity index (χ3n) is 6.33. The van der Waals surface area contributed by atoms with E-state index in [-0.39, 0.29) is 24.0 Å². The zero-order valence-corrected chi connectivity index (χ0v) is 19.0. The van der Waals surface area contributed by atoms with Gasteiger partial charge in [0.1, 0.15) is 5.70 Å². The monoisotopic (exact) mass is 415 g/mol. The molecule has 31 heavy (non-hydrogen) atoms. The highest BCUT2D eigenvalue weighted by Gasteiger charge is 2.34. The molecule has 2 aliphatic heterocycles. The predicted molar refractivity (Wildman–Crippen MR) is 126 cm³/mol. The van der Waals surface area contributed by atoms with E-state index in [1.807, 2.05) is 38.1 Å². The van der Waals surface area contributed by atoms with Crippen molar-refractivity contribution in [2.75, 3.05) is 11.9 Å². The minimum Gasteiger partial charge on any atom is -0.365 e. The first-order chi connectivity index (χ1) is 14.6. The predicted octanol–water partition coefficient (Wildman–Crippen LogP) is 5.03. The number of rotatable bonds is 3. The number of carbonyl (C=O) groups excluding carboxylic acids is 2. The molecule has 1 N–H and O–H groups in total. The SMILES string of the molecule is CC1=CC(C)(C)N(C)c2cc(C)c(/C=C3/NC(=O)N(Cc4ccc(C)cc4)C3=O)cc21. The fraction of sp³-hybridized carbons (Fsp3) is 0.308. The van der Waals surface area contributed by atoms with Gasteiger partial charge in [0.15, 0.2) is 0 Å². The number of nitrogens with one attached hydrogen (secondary N) is 1. The van der Waals surface area contributed by atoms with Crippen molar-refractivity contribution in [3.63, 3.8) is 0 Å². The molecular weight excluding hydrogens is 386 g/mol. The van der Waals surface area contributed by atoms with Gasteiger partial charge in [0.2, 0.25) is 0 Å². The van der Waals surface area contributed by atoms with Crippen LogP contribution in [0.5, 0.6) is 0 Å². The molecule has 5 nitrogen and oxygen atoms in total. The summed E-state index contributed by atoms with van der Waals surface area (Å²) in [6.07, 6.45) is 4.05. The Morgan fingerprint density at radius 1 is 1.03 bits per heavy atom. The van der Waals surface area contributed by atoms with Crippen LogP contribution in [0.4, 0.5) is 10.5 Å². The van der Waals surface area contributed by atoms with E-state index in [4.69, 9.17) is 0 Å². The molecular formula is C26H29N3O2. The van der Waals surface area contributed by atoms with Gasteiger partial charge < -0.3 is 10.2 Å². The van der Waals surface area contributed by atoms with E-state index in [1.165, 1.54) is 16.2 Å². The molecule has 0 spiro atoms. The largest absolute Gasteiger partial charge is 0.365 e. The lowest BCUT2D eigenvalue weighted by molar-refractivity contribution is -0.123. The molecule has 0 aliphatic carbocycles. The zero-order chi connectivity index (χ0) is 22.5. The number of urea groups is 1. The second-order valence-corrected chi connectivity index (χ2v) is 9.13. The zero-order valence-electron chi connectivity index (χ0n) is 19.0. The molecule has 5 heteroatoms. The summed E-state index contributed by atoms with van der Waals surface area (Å²) in [5, 5.41) is 2.75. The molecule has 2 aliphatic rings. The molecule has 2 heterocycles. The van der Waals surface area contributed by atoms with E-state index in [9.17, 15) is 9.59 Å². The first kappa shape index (κ1) is 20.9. The Labute approximate surface area is 184 Å². The van der Waals surface area contributed by atoms with Gasteiger partial charge in [-0.3, -0.25) is 9.69 Å². The van der Waals surface area contributed by atoms with Gasteiger partial charge in [-0.1, -0.05) is 35.9 Å². The summed E-state index contributed by atoms with van der Waals surface area (Å²) in [5.41, 5.74) is 7.83. The minimum atomic E-state index is -0.384. The van der Waals surface area contributed by atoms with Crippen LogP contribution < -0.4 is 10.2 Å². The van der Waals surface area contributed by atoms with Crippen LogP contribution in [0.3, 0.4) is 0 Å². The lowest BCUT2D eigenvalue weighted by Gasteiger charge is -2.41. The number of imide groups is 1. The van der Waals surface area contributed by atoms with Crippen molar-refractivity contribution in [1.82, 2.24) is 10.2 Å². The van der Waals surface area contributed by atoms with Gasteiger partial charge >= 0.3 is 6.03 Å². The quantitative estimate of drug-likeness (QED) is 0.565. The molecule has 0 atom stereocenters. The summed E-state index contributed by atoms with van der Waals surface area (Å²) >= 11 is 0. The van der Waals surface area contributed by atoms with Crippen LogP contribution in [0.25, 0.3) is 11.6 Å². The summed E-state index contributed by atoms with van der Waals surface area (Å²) in [6.45, 7) is 10.8. The molecule has 0 saturated carbocycles. The molecule has 0 unspecified atom stereocenters. The van der Waals surface area contributed by atoms with E-state index in [2.05, 4.69) is 56.2 Å². The highest BCUT2D eigenvalue weighted by molar-refractivity contribution is 6.14. The van der Waals surface area contributed by atoms with Crippen molar-refractivity contribution in [3.8, 4) is 0 Å². The van der Waals surface area contributed by atoms with E-state index in [0.29, 0.717) is 5.70 Å². The Morgan fingerprint density at radius 2 is 1.71 bits per heavy atom. The number of aryl methyl sites for hydroxylation is 2. The summed E-state index contributed by atoms with van der Waals surface area (Å²) in [4.78, 5) is 29.0. The van der Waals surface area contributed by atoms with Crippen molar-refractivity contribution in [2.45, 2.75) is 46.7 Å². The van der Waals surface area contributed by atoms with Crippen LogP contribution in [0.2, 0.25) is 0 Å². The molecule has 160 valence electrons. The van der Waals surface area contributed by atoms with Gasteiger partial charge in [0, 0.05) is 18.3 Å². The molecule has 3 amide bonds. The highest BCUT2D eigenvalue weighted by atomic mass is 16.2. The van der Waals surface area contributed by atoms with Gasteiger partial charge in [0.05, 0.1) is 12.1 Å². The maximum absolute atomic E-state index is 12.9. The number of benzene rings is 2. The van der Waals surface area contributed by atoms with E-state index in [0.717, 1.165) is 27.8 Å². The van der Waals surface area contributed by atoms with Gasteiger partial charge in [-0.25, -0.2) is 4.79 Å². The molecule has 1 fully saturated rings. The van der Waals surface area contributed by atoms with Gasteiger partial charge in [-0.05, 0) is 75.1 Å². The fourth-order valence-electron chi connectivity index (χ4n) is 4.22. The second kappa shape index (κ2) is 7.41. The summed E-state index contributed by atoms with van der Waals surface area (Å²) in [7, 11) is 2.10. The second-order valence-electron chi connectivity index (χ2n) is 9.13. The molecule has 0 aromatic heterocycles. The van der Waals surface area contributed by atoms with Crippen molar-refractivity contribution < 1.29 is 9.59 Å². The number of anilines is 1. The molecule has 0 bridgehead atoms. The van der Waals surface area contributed by atoms with E-state index < -0.39 is 0 Å². The number of hydrogen-bond acceptors (Lipinski definition) is 3. The van der Waals surface area contributed by atoms with Gasteiger partial charge in [0.25, 0.3) is 5.91 Å². The normalized spacial score (nSPS) is 18.9. The van der Waals surface area contributed by atoms with Gasteiger partial charge in [-0.2, -0.15) is 0 Å². The molecule has 4 rings (SSSR count). The summed E-state index contributed by atoms with van der Waals surface area (Å²) < 4.78 is 0. The maximum Gasteiger partial charge on any atom is 0.329 e. The van der Waals surface area contributed by atoms with E-state index in [1.54, 1.807) is 6.08 Å². The van der Waals surface area contributed by atoms with Crippen molar-refractivity contribution in [3.05, 3.63) is 76.0 Å². The number of amides is 3. The maximum atomic E-state index is 12.9. The minimum absolute atomic E-state index is 0.0601. The lowest BCUT2D eigenvalue weighted by atomic mass is 9.87. The van der Waals surface area contributed by atoms with Crippen molar-refractivity contribution in [1.29, 1.82) is 0 Å². The Morgan fingerprint density at radius 3 is 2.39 bits per heavy atom. The van der Waals surface area contributed by atoms with Crippen LogP contribution >= 0.6 is 0 Å². The van der Waals surface area contributed by atoms with Crippen LogP contribution in [0.15, 0.2) is 48.2 Å². The number of hydrogen-bond donors (Lipinski definition) is 1. The van der Waals surface area contributed by atoms with Crippen LogP contribution in [0.1, 0.15) is 48.6 Å². The first-order valence-corrected chi connectivity index (χ1v) is 10.6. The van der Waals surface area contributed by atoms with Crippen molar-refractivity contribution >= 4 is 29.3 Å². The topological polar surface area (TPSA) is 52.7 Å². The average Bonchev–Trinajstić information content (AvgIpc) is 2.96. The third kappa shape index (κ3) is 3.76. The van der Waals surface area contributed by atoms with Crippen LogP contribution in [-0.4, -0.2) is 29.4 Å². The average molecular weight is 416 g/mol. The molecule has 0 radical (unpaired) electrons. The standard InChI is InChI=1S/C26H29N3O2/c1-16-7-9-19(10-8-16)15-29-24(30)22(27-25(29)31)13-20-12-21-18(3)14-26(4,5)28(6)23(21)11-17(20)2/h7-14H,15H2,1-6H3,(H,27,31)/b22-13+. The third-order valence-corrected chi connectivity index (χ3v) is 6.33. The number of likely N-dealkylation sites (N-methyl/N-ethyl adjacent to an activating group) is 1. The Bertz CT molecular complexity index is 1140. The first-order valence-electron chi connectivity index (χ1n) is 10.6. The molecule has 2 aromatic carbocycles. The summed E-state index contributed by atoms with van der Waals surface area (Å²) in [6, 6.07) is 11.7. The number of allylic oxidation sites excluding steroid dienone is 1.